The van der Waals surface area contributed by atoms with Gasteiger partial charge in [0, 0.05) is 37.7 Å². The molecule has 1 aliphatic rings. The number of rotatable bonds is 5. The number of hydrogen-bond donors (Lipinski definition) is 1. The van der Waals surface area contributed by atoms with Crippen LogP contribution in [0.5, 0.6) is 11.5 Å². The maximum Gasteiger partial charge on any atom is 0.258 e. The van der Waals surface area contributed by atoms with Crippen molar-refractivity contribution in [3.63, 3.8) is 0 Å². The summed E-state index contributed by atoms with van der Waals surface area (Å²) in [6.07, 6.45) is 3.05. The van der Waals surface area contributed by atoms with E-state index in [-0.39, 0.29) is 5.91 Å². The van der Waals surface area contributed by atoms with E-state index in [1.165, 1.54) is 12.4 Å². The summed E-state index contributed by atoms with van der Waals surface area (Å²) in [5, 5.41) is 2.83. The molecule has 0 aliphatic carbocycles. The molecule has 0 saturated heterocycles. The Labute approximate surface area is 163 Å². The van der Waals surface area contributed by atoms with E-state index in [4.69, 9.17) is 9.47 Å². The number of benzene rings is 2. The maximum atomic E-state index is 12.5. The van der Waals surface area contributed by atoms with E-state index in [1.807, 2.05) is 42.3 Å². The first-order valence-corrected chi connectivity index (χ1v) is 8.97. The number of ether oxygens (including phenoxy) is 2. The van der Waals surface area contributed by atoms with Crippen LogP contribution in [0.25, 0.3) is 0 Å². The van der Waals surface area contributed by atoms with Crippen LogP contribution in [-0.2, 0) is 6.54 Å². The van der Waals surface area contributed by atoms with Crippen molar-refractivity contribution < 1.29 is 14.3 Å². The normalized spacial score (nSPS) is 12.3. The lowest BCUT2D eigenvalue weighted by atomic mass is 10.2. The molecule has 4 rings (SSSR count). The molecule has 142 valence electrons. The predicted molar refractivity (Wildman–Crippen MR) is 106 cm³/mol. The van der Waals surface area contributed by atoms with Crippen LogP contribution >= 0.6 is 0 Å². The Morgan fingerprint density at radius 1 is 1.04 bits per heavy atom. The van der Waals surface area contributed by atoms with Crippen molar-refractivity contribution in [2.75, 3.05) is 30.5 Å². The van der Waals surface area contributed by atoms with Crippen LogP contribution in [0.15, 0.2) is 60.9 Å². The van der Waals surface area contributed by atoms with Gasteiger partial charge in [-0.25, -0.2) is 9.97 Å². The molecular formula is C21H20N4O3. The van der Waals surface area contributed by atoms with Gasteiger partial charge in [-0.05, 0) is 17.7 Å². The Morgan fingerprint density at radius 3 is 2.50 bits per heavy atom. The van der Waals surface area contributed by atoms with Crippen molar-refractivity contribution in [2.24, 2.45) is 0 Å². The highest BCUT2D eigenvalue weighted by Crippen LogP contribution is 2.32. The molecule has 0 atom stereocenters. The molecule has 3 aromatic rings. The molecule has 1 aromatic heterocycles. The monoisotopic (exact) mass is 376 g/mol. The molecule has 2 heterocycles. The SMILES string of the molecule is CN(Cc1ccccc1)c1ncc(C(=O)Nc2ccc3c(c2)OCCO3)cn1. The zero-order valence-corrected chi connectivity index (χ0v) is 15.5. The molecule has 0 spiro atoms. The van der Waals surface area contributed by atoms with Gasteiger partial charge in [-0.1, -0.05) is 30.3 Å². The zero-order valence-electron chi connectivity index (χ0n) is 15.5. The fourth-order valence-electron chi connectivity index (χ4n) is 2.89. The molecule has 1 aliphatic heterocycles. The van der Waals surface area contributed by atoms with E-state index in [9.17, 15) is 4.79 Å². The number of hydrogen-bond acceptors (Lipinski definition) is 6. The van der Waals surface area contributed by atoms with Gasteiger partial charge in [0.25, 0.3) is 5.91 Å². The highest BCUT2D eigenvalue weighted by atomic mass is 16.6. The largest absolute Gasteiger partial charge is 0.486 e. The highest BCUT2D eigenvalue weighted by molar-refractivity contribution is 6.04. The number of fused-ring (bicyclic) bond motifs is 1. The highest BCUT2D eigenvalue weighted by Gasteiger charge is 2.14. The fourth-order valence-corrected chi connectivity index (χ4v) is 2.89. The van der Waals surface area contributed by atoms with Crippen LogP contribution in [0, 0.1) is 0 Å². The minimum Gasteiger partial charge on any atom is -0.486 e. The number of carbonyl (C=O) groups excluding carboxylic acids is 1. The lowest BCUT2D eigenvalue weighted by Gasteiger charge is -2.19. The van der Waals surface area contributed by atoms with E-state index in [0.717, 1.165) is 5.56 Å². The molecular weight excluding hydrogens is 356 g/mol. The summed E-state index contributed by atoms with van der Waals surface area (Å²) in [7, 11) is 1.91. The van der Waals surface area contributed by atoms with Gasteiger partial charge in [-0.2, -0.15) is 0 Å². The smallest absolute Gasteiger partial charge is 0.258 e. The molecule has 0 fully saturated rings. The Balaban J connectivity index is 1.41. The van der Waals surface area contributed by atoms with Crippen LogP contribution in [0.4, 0.5) is 11.6 Å². The summed E-state index contributed by atoms with van der Waals surface area (Å²) in [6.45, 7) is 1.71. The number of anilines is 2. The van der Waals surface area contributed by atoms with Crippen molar-refractivity contribution in [3.8, 4) is 11.5 Å². The second-order valence-corrected chi connectivity index (χ2v) is 6.43. The zero-order chi connectivity index (χ0) is 19.3. The van der Waals surface area contributed by atoms with E-state index in [1.54, 1.807) is 18.2 Å². The average Bonchev–Trinajstić information content (AvgIpc) is 2.74. The second-order valence-electron chi connectivity index (χ2n) is 6.43. The molecule has 7 nitrogen and oxygen atoms in total. The van der Waals surface area contributed by atoms with Gasteiger partial charge in [-0.3, -0.25) is 4.79 Å². The van der Waals surface area contributed by atoms with Crippen molar-refractivity contribution in [3.05, 3.63) is 72.1 Å². The van der Waals surface area contributed by atoms with Crippen LogP contribution < -0.4 is 19.7 Å². The van der Waals surface area contributed by atoms with Crippen molar-refractivity contribution in [2.45, 2.75) is 6.54 Å². The topological polar surface area (TPSA) is 76.6 Å². The summed E-state index contributed by atoms with van der Waals surface area (Å²) >= 11 is 0. The van der Waals surface area contributed by atoms with Crippen molar-refractivity contribution in [1.82, 2.24) is 9.97 Å². The minimum atomic E-state index is -0.283. The summed E-state index contributed by atoms with van der Waals surface area (Å²) < 4.78 is 11.0. The third-order valence-corrected chi connectivity index (χ3v) is 4.30. The number of nitrogens with one attached hydrogen (secondary N) is 1. The van der Waals surface area contributed by atoms with Gasteiger partial charge >= 0.3 is 0 Å². The molecule has 0 unspecified atom stereocenters. The van der Waals surface area contributed by atoms with Crippen LogP contribution in [0.3, 0.4) is 0 Å². The van der Waals surface area contributed by atoms with Gasteiger partial charge in [0.15, 0.2) is 11.5 Å². The Kier molecular flexibility index (Phi) is 5.05. The van der Waals surface area contributed by atoms with E-state index in [0.29, 0.717) is 48.5 Å². The van der Waals surface area contributed by atoms with Gasteiger partial charge in [0.1, 0.15) is 13.2 Å². The van der Waals surface area contributed by atoms with Crippen molar-refractivity contribution in [1.29, 1.82) is 0 Å². The second kappa shape index (κ2) is 7.96. The van der Waals surface area contributed by atoms with Gasteiger partial charge < -0.3 is 19.7 Å². The molecule has 0 saturated carbocycles. The van der Waals surface area contributed by atoms with E-state index in [2.05, 4.69) is 15.3 Å². The third-order valence-electron chi connectivity index (χ3n) is 4.30. The number of aromatic nitrogens is 2. The Hall–Kier alpha value is -3.61. The standard InChI is InChI=1S/C21H20N4O3/c1-25(14-15-5-3-2-4-6-15)21-22-12-16(13-23-21)20(26)24-17-7-8-18-19(11-17)28-10-9-27-18/h2-8,11-13H,9-10,14H2,1H3,(H,24,26). The summed E-state index contributed by atoms with van der Waals surface area (Å²) in [5.41, 5.74) is 2.17. The first kappa shape index (κ1) is 17.8. The lowest BCUT2D eigenvalue weighted by molar-refractivity contribution is 0.102. The average molecular weight is 376 g/mol. The van der Waals surface area contributed by atoms with E-state index < -0.39 is 0 Å². The van der Waals surface area contributed by atoms with Gasteiger partial charge in [0.05, 0.1) is 5.56 Å². The van der Waals surface area contributed by atoms with Crippen LogP contribution in [0.2, 0.25) is 0 Å². The molecule has 1 amide bonds. The quantitative estimate of drug-likeness (QED) is 0.737. The Bertz CT molecular complexity index is 961. The molecule has 0 radical (unpaired) electrons. The first-order valence-electron chi connectivity index (χ1n) is 8.97. The van der Waals surface area contributed by atoms with E-state index >= 15 is 0 Å². The first-order chi connectivity index (χ1) is 13.7. The third kappa shape index (κ3) is 4.03. The van der Waals surface area contributed by atoms with Crippen LogP contribution in [0.1, 0.15) is 15.9 Å². The maximum absolute atomic E-state index is 12.5. The number of nitrogens with zero attached hydrogens (tertiary/aromatic N) is 3. The summed E-state index contributed by atoms with van der Waals surface area (Å²) in [5.74, 6) is 1.57. The minimum absolute atomic E-state index is 0.283. The predicted octanol–water partition coefficient (Wildman–Crippen LogP) is 3.14. The molecule has 2 aromatic carbocycles. The summed E-state index contributed by atoms with van der Waals surface area (Å²) in [4.78, 5) is 23.0. The molecule has 0 bridgehead atoms. The molecule has 1 N–H and O–H groups in total. The summed E-state index contributed by atoms with van der Waals surface area (Å²) in [6, 6.07) is 15.4. The van der Waals surface area contributed by atoms with Gasteiger partial charge in [-0.15, -0.1) is 0 Å². The lowest BCUT2D eigenvalue weighted by Crippen LogP contribution is -2.20. The van der Waals surface area contributed by atoms with Gasteiger partial charge in [0.2, 0.25) is 5.95 Å². The fraction of sp³-hybridized carbons (Fsp3) is 0.190. The molecule has 28 heavy (non-hydrogen) atoms. The number of carbonyl (C=O) groups is 1. The van der Waals surface area contributed by atoms with Crippen molar-refractivity contribution >= 4 is 17.5 Å². The number of amides is 1. The molecule has 7 heteroatoms. The van der Waals surface area contributed by atoms with Crippen LogP contribution in [-0.4, -0.2) is 36.1 Å². The Morgan fingerprint density at radius 2 is 1.75 bits per heavy atom.